The Bertz CT molecular complexity index is 704. The third kappa shape index (κ3) is 3.93. The zero-order chi connectivity index (χ0) is 15.4. The van der Waals surface area contributed by atoms with E-state index in [1.54, 1.807) is 18.2 Å². The molecular weight excluding hydrogens is 315 g/mol. The standard InChI is InChI=1S/C14H10Cl2N2O3/c15-10-4-5-12(16)13(7-10)17-8-14(19)9-2-1-3-11(6-9)18(20)21/h1-7,17H,8H2. The third-order valence-electron chi connectivity index (χ3n) is 2.75. The molecule has 5 nitrogen and oxygen atoms in total. The van der Waals surface area contributed by atoms with Crippen molar-refractivity contribution in [1.82, 2.24) is 0 Å². The number of nitrogens with one attached hydrogen (secondary N) is 1. The van der Waals surface area contributed by atoms with Crippen LogP contribution in [0.5, 0.6) is 0 Å². The van der Waals surface area contributed by atoms with Gasteiger partial charge in [-0.2, -0.15) is 0 Å². The summed E-state index contributed by atoms with van der Waals surface area (Å²) in [6, 6.07) is 10.4. The molecule has 108 valence electrons. The predicted octanol–water partition coefficient (Wildman–Crippen LogP) is 4.20. The minimum absolute atomic E-state index is 0.0404. The molecule has 0 saturated carbocycles. The van der Waals surface area contributed by atoms with Gasteiger partial charge in [0.1, 0.15) is 0 Å². The highest BCUT2D eigenvalue weighted by molar-refractivity contribution is 6.35. The van der Waals surface area contributed by atoms with Crippen molar-refractivity contribution in [3.63, 3.8) is 0 Å². The van der Waals surface area contributed by atoms with E-state index < -0.39 is 4.92 Å². The van der Waals surface area contributed by atoms with Crippen LogP contribution < -0.4 is 5.32 Å². The van der Waals surface area contributed by atoms with Gasteiger partial charge in [-0.3, -0.25) is 14.9 Å². The van der Waals surface area contributed by atoms with Crippen molar-refractivity contribution < 1.29 is 9.72 Å². The van der Waals surface area contributed by atoms with Crippen molar-refractivity contribution in [3.8, 4) is 0 Å². The van der Waals surface area contributed by atoms with Gasteiger partial charge in [0, 0.05) is 22.7 Å². The highest BCUT2D eigenvalue weighted by Gasteiger charge is 2.12. The van der Waals surface area contributed by atoms with Crippen molar-refractivity contribution in [2.75, 3.05) is 11.9 Å². The second-order valence-electron chi connectivity index (χ2n) is 4.21. The molecule has 0 atom stereocenters. The van der Waals surface area contributed by atoms with E-state index in [0.717, 1.165) is 0 Å². The topological polar surface area (TPSA) is 72.2 Å². The molecule has 2 aromatic rings. The largest absolute Gasteiger partial charge is 0.376 e. The lowest BCUT2D eigenvalue weighted by molar-refractivity contribution is -0.384. The summed E-state index contributed by atoms with van der Waals surface area (Å²) in [5, 5.41) is 14.5. The van der Waals surface area contributed by atoms with Crippen LogP contribution in [-0.2, 0) is 0 Å². The van der Waals surface area contributed by atoms with E-state index in [4.69, 9.17) is 23.2 Å². The fourth-order valence-corrected chi connectivity index (χ4v) is 2.06. The Labute approximate surface area is 130 Å². The summed E-state index contributed by atoms with van der Waals surface area (Å²) >= 11 is 11.8. The van der Waals surface area contributed by atoms with Gasteiger partial charge >= 0.3 is 0 Å². The van der Waals surface area contributed by atoms with Crippen LogP contribution in [0.4, 0.5) is 11.4 Å². The maximum Gasteiger partial charge on any atom is 0.270 e. The van der Waals surface area contributed by atoms with Crippen LogP contribution in [0.1, 0.15) is 10.4 Å². The van der Waals surface area contributed by atoms with Crippen molar-refractivity contribution in [2.45, 2.75) is 0 Å². The minimum atomic E-state index is -0.544. The predicted molar refractivity (Wildman–Crippen MR) is 82.4 cm³/mol. The molecule has 0 unspecified atom stereocenters. The number of nitro benzene ring substituents is 1. The Morgan fingerprint density at radius 1 is 1.19 bits per heavy atom. The van der Waals surface area contributed by atoms with Gasteiger partial charge in [-0.1, -0.05) is 35.3 Å². The summed E-state index contributed by atoms with van der Waals surface area (Å²) in [5.41, 5.74) is 0.666. The normalized spacial score (nSPS) is 10.2. The number of carbonyl (C=O) groups excluding carboxylic acids is 1. The van der Waals surface area contributed by atoms with Crippen LogP contribution in [0.25, 0.3) is 0 Å². The van der Waals surface area contributed by atoms with Crippen LogP contribution in [0.2, 0.25) is 10.0 Å². The quantitative estimate of drug-likeness (QED) is 0.508. The molecule has 0 radical (unpaired) electrons. The summed E-state index contributed by atoms with van der Waals surface area (Å²) in [5.74, 6) is -0.283. The minimum Gasteiger partial charge on any atom is -0.376 e. The summed E-state index contributed by atoms with van der Waals surface area (Å²) < 4.78 is 0. The molecule has 0 spiro atoms. The molecule has 7 heteroatoms. The van der Waals surface area contributed by atoms with Crippen LogP contribution in [-0.4, -0.2) is 17.3 Å². The molecule has 0 aliphatic carbocycles. The number of nitro groups is 1. The molecule has 0 fully saturated rings. The molecule has 2 aromatic carbocycles. The molecule has 0 bridgehead atoms. The first kappa shape index (κ1) is 15.3. The number of hydrogen-bond acceptors (Lipinski definition) is 4. The first-order valence-corrected chi connectivity index (χ1v) is 6.69. The van der Waals surface area contributed by atoms with Crippen LogP contribution >= 0.6 is 23.2 Å². The Morgan fingerprint density at radius 3 is 2.67 bits per heavy atom. The first-order valence-electron chi connectivity index (χ1n) is 5.94. The monoisotopic (exact) mass is 324 g/mol. The zero-order valence-electron chi connectivity index (χ0n) is 10.7. The molecule has 0 aromatic heterocycles. The number of halogens is 2. The number of Topliss-reactive ketones (excluding diaryl/α,β-unsaturated/α-hetero) is 1. The van der Waals surface area contributed by atoms with Gasteiger partial charge in [-0.05, 0) is 18.2 Å². The number of rotatable bonds is 5. The van der Waals surface area contributed by atoms with Gasteiger partial charge in [0.25, 0.3) is 5.69 Å². The van der Waals surface area contributed by atoms with Gasteiger partial charge in [0.2, 0.25) is 0 Å². The number of nitrogens with zero attached hydrogens (tertiary/aromatic N) is 1. The number of carbonyl (C=O) groups is 1. The highest BCUT2D eigenvalue weighted by Crippen LogP contribution is 2.25. The average Bonchev–Trinajstić information content (AvgIpc) is 2.48. The number of ketones is 1. The Kier molecular flexibility index (Phi) is 4.77. The second-order valence-corrected chi connectivity index (χ2v) is 5.05. The third-order valence-corrected chi connectivity index (χ3v) is 3.31. The Morgan fingerprint density at radius 2 is 1.95 bits per heavy atom. The fraction of sp³-hybridized carbons (Fsp3) is 0.0714. The van der Waals surface area contributed by atoms with Gasteiger partial charge in [-0.15, -0.1) is 0 Å². The van der Waals surface area contributed by atoms with Gasteiger partial charge in [0.05, 0.1) is 22.2 Å². The fourth-order valence-electron chi connectivity index (χ4n) is 1.70. The second kappa shape index (κ2) is 6.56. The van der Waals surface area contributed by atoms with E-state index in [1.165, 1.54) is 24.3 Å². The molecule has 0 saturated heterocycles. The SMILES string of the molecule is O=C(CNc1cc(Cl)ccc1Cl)c1cccc([N+](=O)[O-])c1. The lowest BCUT2D eigenvalue weighted by Gasteiger charge is -2.08. The summed E-state index contributed by atoms with van der Waals surface area (Å²) in [4.78, 5) is 22.2. The van der Waals surface area contributed by atoms with E-state index in [9.17, 15) is 14.9 Å². The maximum absolute atomic E-state index is 12.0. The zero-order valence-corrected chi connectivity index (χ0v) is 12.2. The van der Waals surface area contributed by atoms with Crippen LogP contribution in [0, 0.1) is 10.1 Å². The van der Waals surface area contributed by atoms with Crippen molar-refractivity contribution in [3.05, 3.63) is 68.2 Å². The lowest BCUT2D eigenvalue weighted by Crippen LogP contribution is -2.14. The average molecular weight is 325 g/mol. The Balaban J connectivity index is 2.10. The van der Waals surface area contributed by atoms with E-state index in [-0.39, 0.29) is 23.6 Å². The van der Waals surface area contributed by atoms with Gasteiger partial charge in [0.15, 0.2) is 5.78 Å². The number of hydrogen-bond donors (Lipinski definition) is 1. The van der Waals surface area contributed by atoms with Gasteiger partial charge in [-0.25, -0.2) is 0 Å². The number of anilines is 1. The lowest BCUT2D eigenvalue weighted by atomic mass is 10.1. The summed E-state index contributed by atoms with van der Waals surface area (Å²) in [7, 11) is 0. The van der Waals surface area contributed by atoms with E-state index >= 15 is 0 Å². The highest BCUT2D eigenvalue weighted by atomic mass is 35.5. The van der Waals surface area contributed by atoms with E-state index in [2.05, 4.69) is 5.32 Å². The van der Waals surface area contributed by atoms with Gasteiger partial charge < -0.3 is 5.32 Å². The maximum atomic E-state index is 12.0. The molecule has 0 heterocycles. The van der Waals surface area contributed by atoms with Crippen molar-refractivity contribution in [2.24, 2.45) is 0 Å². The number of benzene rings is 2. The summed E-state index contributed by atoms with van der Waals surface area (Å²) in [6.07, 6.45) is 0. The molecule has 0 aliphatic rings. The molecule has 21 heavy (non-hydrogen) atoms. The molecule has 2 rings (SSSR count). The smallest absolute Gasteiger partial charge is 0.270 e. The Hall–Kier alpha value is -2.11. The number of non-ortho nitro benzene ring substituents is 1. The van der Waals surface area contributed by atoms with Crippen molar-refractivity contribution >= 4 is 40.4 Å². The van der Waals surface area contributed by atoms with Crippen molar-refractivity contribution in [1.29, 1.82) is 0 Å². The summed E-state index contributed by atoms with van der Waals surface area (Å²) in [6.45, 7) is -0.0404. The molecule has 0 amide bonds. The molecule has 1 N–H and O–H groups in total. The van der Waals surface area contributed by atoms with E-state index in [1.807, 2.05) is 0 Å². The molecule has 0 aliphatic heterocycles. The van der Waals surface area contributed by atoms with Crippen LogP contribution in [0.3, 0.4) is 0 Å². The first-order chi connectivity index (χ1) is 9.97. The van der Waals surface area contributed by atoms with E-state index in [0.29, 0.717) is 15.7 Å². The van der Waals surface area contributed by atoms with Crippen LogP contribution in [0.15, 0.2) is 42.5 Å². The molecular formula is C14H10Cl2N2O3.